The molecule has 180 valence electrons. The van der Waals surface area contributed by atoms with Crippen molar-refractivity contribution in [2.45, 2.75) is 64.0 Å². The van der Waals surface area contributed by atoms with Gasteiger partial charge in [-0.3, -0.25) is 9.59 Å². The van der Waals surface area contributed by atoms with Crippen LogP contribution in [0.5, 0.6) is 0 Å². The molecule has 7 nitrogen and oxygen atoms in total. The van der Waals surface area contributed by atoms with Gasteiger partial charge < -0.3 is 20.2 Å². The fourth-order valence-electron chi connectivity index (χ4n) is 5.96. The Labute approximate surface area is 201 Å². The zero-order valence-electron chi connectivity index (χ0n) is 19.9. The summed E-state index contributed by atoms with van der Waals surface area (Å²) in [5, 5.41) is 12.6. The molecule has 7 heteroatoms. The molecule has 1 aromatic heterocycles. The molecular formula is C27H34N4O3. The van der Waals surface area contributed by atoms with Crippen molar-refractivity contribution in [1.29, 1.82) is 0 Å². The molecule has 1 atom stereocenters. The monoisotopic (exact) mass is 462 g/mol. The number of piperidine rings is 1. The quantitative estimate of drug-likeness (QED) is 0.721. The number of carbonyl (C=O) groups is 2. The van der Waals surface area contributed by atoms with Gasteiger partial charge in [-0.05, 0) is 74.8 Å². The molecule has 1 spiro atoms. The maximum Gasteiger partial charge on any atom is 0.230 e. The Bertz CT molecular complexity index is 1030. The van der Waals surface area contributed by atoms with Crippen molar-refractivity contribution in [2.75, 3.05) is 29.9 Å². The van der Waals surface area contributed by atoms with Crippen LogP contribution < -0.4 is 10.2 Å². The van der Waals surface area contributed by atoms with Crippen LogP contribution in [0.25, 0.3) is 11.1 Å². The van der Waals surface area contributed by atoms with Crippen LogP contribution in [-0.4, -0.2) is 58.6 Å². The van der Waals surface area contributed by atoms with Gasteiger partial charge in [-0.2, -0.15) is 0 Å². The molecule has 2 saturated heterocycles. The number of anilines is 2. The minimum absolute atomic E-state index is 0.0838. The highest BCUT2D eigenvalue weighted by atomic mass is 16.3. The largest absolute Gasteiger partial charge is 0.393 e. The summed E-state index contributed by atoms with van der Waals surface area (Å²) >= 11 is 0. The third kappa shape index (κ3) is 4.53. The van der Waals surface area contributed by atoms with E-state index in [0.717, 1.165) is 87.2 Å². The van der Waals surface area contributed by atoms with E-state index in [2.05, 4.69) is 27.2 Å². The van der Waals surface area contributed by atoms with Gasteiger partial charge in [0.25, 0.3) is 0 Å². The van der Waals surface area contributed by atoms with Crippen molar-refractivity contribution in [3.8, 4) is 11.1 Å². The number of pyridine rings is 1. The van der Waals surface area contributed by atoms with Crippen molar-refractivity contribution >= 4 is 23.3 Å². The first-order chi connectivity index (χ1) is 16.4. The van der Waals surface area contributed by atoms with Crippen LogP contribution in [0.4, 0.5) is 11.5 Å². The van der Waals surface area contributed by atoms with E-state index in [4.69, 9.17) is 4.98 Å². The zero-order chi connectivity index (χ0) is 23.7. The lowest BCUT2D eigenvalue weighted by Crippen LogP contribution is -2.50. The predicted octanol–water partition coefficient (Wildman–Crippen LogP) is 3.83. The molecule has 3 fully saturated rings. The maximum absolute atomic E-state index is 13.6. The fraction of sp³-hybridized carbons (Fsp3) is 0.519. The molecule has 3 heterocycles. The van der Waals surface area contributed by atoms with Gasteiger partial charge >= 0.3 is 0 Å². The smallest absolute Gasteiger partial charge is 0.230 e. The van der Waals surface area contributed by atoms with E-state index >= 15 is 0 Å². The van der Waals surface area contributed by atoms with Crippen LogP contribution in [0, 0.1) is 5.41 Å². The van der Waals surface area contributed by atoms with Gasteiger partial charge in [0.1, 0.15) is 5.82 Å². The van der Waals surface area contributed by atoms with Crippen molar-refractivity contribution in [2.24, 2.45) is 5.41 Å². The van der Waals surface area contributed by atoms with Crippen LogP contribution in [0.15, 0.2) is 42.6 Å². The summed E-state index contributed by atoms with van der Waals surface area (Å²) in [6, 6.07) is 12.2. The van der Waals surface area contributed by atoms with Crippen molar-refractivity contribution in [3.63, 3.8) is 0 Å². The minimum Gasteiger partial charge on any atom is -0.393 e. The molecule has 2 N–H and O–H groups in total. The average molecular weight is 463 g/mol. The summed E-state index contributed by atoms with van der Waals surface area (Å²) in [4.78, 5) is 33.9. The van der Waals surface area contributed by atoms with Gasteiger partial charge in [0.2, 0.25) is 11.8 Å². The van der Waals surface area contributed by atoms with Crippen LogP contribution >= 0.6 is 0 Å². The van der Waals surface area contributed by atoms with E-state index in [1.54, 1.807) is 0 Å². The van der Waals surface area contributed by atoms with Gasteiger partial charge in [0.15, 0.2) is 0 Å². The first-order valence-corrected chi connectivity index (χ1v) is 12.5. The molecule has 1 aliphatic carbocycles. The number of aliphatic hydroxyl groups is 1. The molecule has 0 unspecified atom stereocenters. The Hall–Kier alpha value is -2.93. The van der Waals surface area contributed by atoms with Gasteiger partial charge in [0.05, 0.1) is 11.5 Å². The number of nitrogens with one attached hydrogen (secondary N) is 1. The van der Waals surface area contributed by atoms with Crippen LogP contribution in [0.1, 0.15) is 51.9 Å². The first-order valence-electron chi connectivity index (χ1n) is 12.5. The van der Waals surface area contributed by atoms with Crippen molar-refractivity contribution < 1.29 is 14.7 Å². The molecule has 2 amide bonds. The lowest BCUT2D eigenvalue weighted by atomic mass is 9.78. The number of aliphatic hydroxyl groups excluding tert-OH is 1. The first kappa shape index (κ1) is 22.8. The van der Waals surface area contributed by atoms with E-state index in [0.29, 0.717) is 11.9 Å². The predicted molar refractivity (Wildman–Crippen MR) is 132 cm³/mol. The number of carbonyl (C=O) groups excluding carboxylic acids is 2. The maximum atomic E-state index is 13.6. The normalized spacial score (nSPS) is 27.3. The lowest BCUT2D eigenvalue weighted by molar-refractivity contribution is -0.139. The second-order valence-corrected chi connectivity index (χ2v) is 10.2. The van der Waals surface area contributed by atoms with Gasteiger partial charge in [0, 0.05) is 50.0 Å². The number of hydrogen-bond acceptors (Lipinski definition) is 5. The number of hydrogen-bond donors (Lipinski definition) is 2. The molecule has 1 aromatic carbocycles. The van der Waals surface area contributed by atoms with Gasteiger partial charge in [-0.15, -0.1) is 0 Å². The molecular weight excluding hydrogens is 428 g/mol. The number of aromatic nitrogens is 1. The van der Waals surface area contributed by atoms with Crippen LogP contribution in [0.3, 0.4) is 0 Å². The molecule has 2 aliphatic heterocycles. The highest BCUT2D eigenvalue weighted by Crippen LogP contribution is 2.43. The third-order valence-electron chi connectivity index (χ3n) is 7.84. The lowest BCUT2D eigenvalue weighted by Gasteiger charge is -2.41. The standard InChI is InChI=1S/C27H34N4O3/c1-19(32)29-22-6-3-20(4-7-22)21-5-12-25(28-17-21)30-15-2-13-27(18-30)14-16-31(26(27)34)23-8-10-24(33)11-9-23/h3-7,12,17,23-24,33H,2,8-11,13-16,18H2,1H3,(H,29,32)/t23-,24-,27-/m0/s1. The highest BCUT2D eigenvalue weighted by molar-refractivity contribution is 5.89. The molecule has 34 heavy (non-hydrogen) atoms. The Morgan fingerprint density at radius 1 is 1.03 bits per heavy atom. The van der Waals surface area contributed by atoms with Crippen LogP contribution in [0.2, 0.25) is 0 Å². The SMILES string of the molecule is CC(=O)Nc1ccc(-c2ccc(N3CCC[C@]4(CCN([C@H]5CC[C@H](O)CC5)C4=O)C3)nc2)cc1. The fourth-order valence-corrected chi connectivity index (χ4v) is 5.96. The van der Waals surface area contributed by atoms with Gasteiger partial charge in [-0.1, -0.05) is 12.1 Å². The van der Waals surface area contributed by atoms with E-state index in [9.17, 15) is 14.7 Å². The Balaban J connectivity index is 1.26. The van der Waals surface area contributed by atoms with E-state index < -0.39 is 0 Å². The average Bonchev–Trinajstić information content (AvgIpc) is 3.15. The topological polar surface area (TPSA) is 85.8 Å². The highest BCUT2D eigenvalue weighted by Gasteiger charge is 2.50. The second kappa shape index (κ2) is 9.37. The summed E-state index contributed by atoms with van der Waals surface area (Å²) in [5.41, 5.74) is 2.54. The Morgan fingerprint density at radius 2 is 1.76 bits per heavy atom. The van der Waals surface area contributed by atoms with Crippen LogP contribution in [-0.2, 0) is 9.59 Å². The van der Waals surface area contributed by atoms with E-state index in [1.165, 1.54) is 6.92 Å². The van der Waals surface area contributed by atoms with E-state index in [-0.39, 0.29) is 17.4 Å². The van der Waals surface area contributed by atoms with Crippen molar-refractivity contribution in [3.05, 3.63) is 42.6 Å². The second-order valence-electron chi connectivity index (χ2n) is 10.2. The molecule has 1 saturated carbocycles. The van der Waals surface area contributed by atoms with E-state index in [1.807, 2.05) is 30.5 Å². The summed E-state index contributed by atoms with van der Waals surface area (Å²) < 4.78 is 0. The molecule has 0 bridgehead atoms. The van der Waals surface area contributed by atoms with Gasteiger partial charge in [-0.25, -0.2) is 4.98 Å². The number of nitrogens with zero attached hydrogens (tertiary/aromatic N) is 3. The zero-order valence-corrected chi connectivity index (χ0v) is 19.9. The Kier molecular flexibility index (Phi) is 6.30. The Morgan fingerprint density at radius 3 is 2.44 bits per heavy atom. The molecule has 5 rings (SSSR count). The molecule has 3 aliphatic rings. The summed E-state index contributed by atoms with van der Waals surface area (Å²) in [7, 11) is 0. The summed E-state index contributed by atoms with van der Waals surface area (Å²) in [6.07, 6.45) is 8.00. The minimum atomic E-state index is -0.297. The third-order valence-corrected chi connectivity index (χ3v) is 7.84. The number of amides is 2. The van der Waals surface area contributed by atoms with Crippen molar-refractivity contribution in [1.82, 2.24) is 9.88 Å². The summed E-state index contributed by atoms with van der Waals surface area (Å²) in [5.74, 6) is 1.15. The number of likely N-dealkylation sites (tertiary alicyclic amines) is 1. The molecule has 0 radical (unpaired) electrons. The number of benzene rings is 1. The number of rotatable bonds is 4. The summed E-state index contributed by atoms with van der Waals surface area (Å²) in [6.45, 7) is 3.99. The molecule has 2 aromatic rings.